The molecule has 1 amide bonds. The van der Waals surface area contributed by atoms with Gasteiger partial charge in [-0.2, -0.15) is 0 Å². The Morgan fingerprint density at radius 1 is 1.06 bits per heavy atom. The number of nitrogens with zero attached hydrogens (tertiary/aromatic N) is 4. The van der Waals surface area contributed by atoms with Gasteiger partial charge in [0.1, 0.15) is 5.60 Å². The molecule has 8 nitrogen and oxygen atoms in total. The summed E-state index contributed by atoms with van der Waals surface area (Å²) in [6.07, 6.45) is 1.87. The first-order valence-electron chi connectivity index (χ1n) is 11.9. The van der Waals surface area contributed by atoms with Crippen molar-refractivity contribution >= 4 is 22.1 Å². The summed E-state index contributed by atoms with van der Waals surface area (Å²) >= 11 is 0. The minimum atomic E-state index is -3.72. The van der Waals surface area contributed by atoms with Crippen LogP contribution in [0.1, 0.15) is 58.9 Å². The summed E-state index contributed by atoms with van der Waals surface area (Å²) in [5, 5.41) is 0. The molecule has 3 aliphatic rings. The van der Waals surface area contributed by atoms with E-state index in [2.05, 4.69) is 13.8 Å². The molecule has 1 unspecified atom stereocenters. The summed E-state index contributed by atoms with van der Waals surface area (Å²) in [4.78, 5) is 21.3. The third-order valence-corrected chi connectivity index (χ3v) is 8.13. The summed E-state index contributed by atoms with van der Waals surface area (Å²) in [5.74, 6) is 1.32. The Morgan fingerprint density at radius 2 is 1.67 bits per heavy atom. The Labute approximate surface area is 197 Å². The van der Waals surface area contributed by atoms with Gasteiger partial charge < -0.3 is 14.5 Å². The highest BCUT2D eigenvalue weighted by molar-refractivity contribution is 7.89. The fraction of sp³-hybridized carbons (Fsp3) is 0.667. The highest BCUT2D eigenvalue weighted by Gasteiger charge is 2.44. The van der Waals surface area contributed by atoms with Crippen LogP contribution in [0.2, 0.25) is 0 Å². The maximum atomic E-state index is 13.6. The molecule has 0 bridgehead atoms. The number of amides is 1. The summed E-state index contributed by atoms with van der Waals surface area (Å²) < 4.78 is 34.2. The summed E-state index contributed by atoms with van der Waals surface area (Å²) in [6, 6.07) is 7.19. The van der Waals surface area contributed by atoms with E-state index in [1.54, 1.807) is 17.0 Å². The molecular formula is C24H36N4O4S. The highest BCUT2D eigenvalue weighted by atomic mass is 32.2. The van der Waals surface area contributed by atoms with E-state index in [1.165, 1.54) is 4.31 Å². The topological polar surface area (TPSA) is 82.5 Å². The molecule has 1 saturated heterocycles. The first-order valence-corrected chi connectivity index (χ1v) is 13.3. The molecule has 1 aromatic carbocycles. The quantitative estimate of drug-likeness (QED) is 0.664. The van der Waals surface area contributed by atoms with Crippen LogP contribution in [0.25, 0.3) is 0 Å². The van der Waals surface area contributed by atoms with Crippen LogP contribution in [0, 0.1) is 5.92 Å². The molecule has 182 valence electrons. The van der Waals surface area contributed by atoms with E-state index in [-0.39, 0.29) is 12.1 Å². The minimum absolute atomic E-state index is 0.00796. The third kappa shape index (κ3) is 5.28. The van der Waals surface area contributed by atoms with Crippen molar-refractivity contribution in [3.63, 3.8) is 0 Å². The average molecular weight is 477 g/mol. The van der Waals surface area contributed by atoms with Crippen LogP contribution in [0.4, 0.5) is 4.79 Å². The van der Waals surface area contributed by atoms with Crippen molar-refractivity contribution in [2.24, 2.45) is 10.9 Å². The number of hydrogen-bond donors (Lipinski definition) is 0. The van der Waals surface area contributed by atoms with Crippen molar-refractivity contribution < 1.29 is 17.9 Å². The minimum Gasteiger partial charge on any atom is -0.444 e. The number of benzene rings is 1. The van der Waals surface area contributed by atoms with Crippen molar-refractivity contribution in [1.82, 2.24) is 14.1 Å². The van der Waals surface area contributed by atoms with Crippen molar-refractivity contribution in [2.75, 3.05) is 32.7 Å². The molecule has 0 N–H and O–H groups in total. The van der Waals surface area contributed by atoms with E-state index in [9.17, 15) is 13.2 Å². The molecule has 9 heteroatoms. The number of carbonyl (C=O) groups excluding carboxylic acids is 1. The first-order chi connectivity index (χ1) is 15.5. The molecule has 1 aliphatic carbocycles. The van der Waals surface area contributed by atoms with E-state index in [0.29, 0.717) is 55.4 Å². The number of hydrogen-bond acceptors (Lipinski definition) is 6. The van der Waals surface area contributed by atoms with Gasteiger partial charge >= 0.3 is 6.09 Å². The molecule has 0 aromatic heterocycles. The zero-order valence-corrected chi connectivity index (χ0v) is 21.1. The van der Waals surface area contributed by atoms with Crippen molar-refractivity contribution in [2.45, 2.75) is 69.9 Å². The fourth-order valence-electron chi connectivity index (χ4n) is 4.25. The molecule has 2 heterocycles. The third-order valence-electron chi connectivity index (χ3n) is 6.37. The van der Waals surface area contributed by atoms with E-state index in [0.717, 1.165) is 18.4 Å². The Balaban J connectivity index is 1.51. The zero-order valence-electron chi connectivity index (χ0n) is 20.3. The van der Waals surface area contributed by atoms with E-state index < -0.39 is 15.6 Å². The van der Waals surface area contributed by atoms with Gasteiger partial charge in [0.25, 0.3) is 10.0 Å². The van der Waals surface area contributed by atoms with Gasteiger partial charge in [0.2, 0.25) is 5.96 Å². The second kappa shape index (κ2) is 8.81. The van der Waals surface area contributed by atoms with E-state index >= 15 is 0 Å². The number of carbonyl (C=O) groups is 1. The molecule has 1 atom stereocenters. The van der Waals surface area contributed by atoms with E-state index in [4.69, 9.17) is 9.73 Å². The summed E-state index contributed by atoms with van der Waals surface area (Å²) in [6.45, 7) is 12.1. The molecule has 33 heavy (non-hydrogen) atoms. The number of aliphatic imine (C=N–C) groups is 1. The van der Waals surface area contributed by atoms with Gasteiger partial charge in [0.15, 0.2) is 0 Å². The Hall–Kier alpha value is -2.29. The maximum absolute atomic E-state index is 13.6. The number of ether oxygens (including phenoxy) is 1. The van der Waals surface area contributed by atoms with Gasteiger partial charge in [-0.3, -0.25) is 0 Å². The molecule has 0 spiro atoms. The monoisotopic (exact) mass is 476 g/mol. The van der Waals surface area contributed by atoms with Crippen molar-refractivity contribution in [3.8, 4) is 0 Å². The Bertz CT molecular complexity index is 1000. The smallest absolute Gasteiger partial charge is 0.410 e. The summed E-state index contributed by atoms with van der Waals surface area (Å²) in [5.41, 5.74) is 0.565. The first kappa shape index (κ1) is 23.9. The lowest BCUT2D eigenvalue weighted by atomic mass is 10.0. The zero-order chi connectivity index (χ0) is 24.0. The SMILES string of the molecule is CC(C)c1ccc(S(=O)(=O)N2CC(C3CC3)N=C2N2CCN(C(=O)OC(C)(C)C)CC2)cc1. The molecule has 2 aliphatic heterocycles. The highest BCUT2D eigenvalue weighted by Crippen LogP contribution is 2.38. The normalized spacial score (nSPS) is 22.1. The van der Waals surface area contributed by atoms with Crippen LogP contribution in [-0.2, 0) is 14.8 Å². The number of sulfonamides is 1. The molecule has 1 aromatic rings. The molecule has 1 saturated carbocycles. The average Bonchev–Trinajstić information content (AvgIpc) is 3.50. The predicted octanol–water partition coefficient (Wildman–Crippen LogP) is 3.50. The van der Waals surface area contributed by atoms with Crippen LogP contribution < -0.4 is 0 Å². The van der Waals surface area contributed by atoms with Crippen LogP contribution in [0.15, 0.2) is 34.2 Å². The van der Waals surface area contributed by atoms with Gasteiger partial charge in [0.05, 0.1) is 17.5 Å². The maximum Gasteiger partial charge on any atom is 0.410 e. The summed E-state index contributed by atoms with van der Waals surface area (Å²) in [7, 11) is -3.72. The van der Waals surface area contributed by atoms with Crippen LogP contribution in [-0.4, -0.2) is 78.9 Å². The second-order valence-corrected chi connectivity index (χ2v) is 12.4. The largest absolute Gasteiger partial charge is 0.444 e. The molecule has 4 rings (SSSR count). The second-order valence-electron chi connectivity index (χ2n) is 10.5. The van der Waals surface area contributed by atoms with Gasteiger partial charge in [-0.15, -0.1) is 0 Å². The molecule has 2 fully saturated rings. The lowest BCUT2D eigenvalue weighted by Gasteiger charge is -2.38. The molecular weight excluding hydrogens is 440 g/mol. The lowest BCUT2D eigenvalue weighted by molar-refractivity contribution is 0.0183. The number of guanidine groups is 1. The van der Waals surface area contributed by atoms with Crippen LogP contribution >= 0.6 is 0 Å². The van der Waals surface area contributed by atoms with E-state index in [1.807, 2.05) is 37.8 Å². The Kier molecular flexibility index (Phi) is 6.37. The van der Waals surface area contributed by atoms with Gasteiger partial charge in [-0.25, -0.2) is 22.5 Å². The van der Waals surface area contributed by atoms with Gasteiger partial charge in [0, 0.05) is 26.2 Å². The van der Waals surface area contributed by atoms with Crippen molar-refractivity contribution in [1.29, 1.82) is 0 Å². The van der Waals surface area contributed by atoms with Crippen LogP contribution in [0.3, 0.4) is 0 Å². The van der Waals surface area contributed by atoms with Crippen LogP contribution in [0.5, 0.6) is 0 Å². The lowest BCUT2D eigenvalue weighted by Crippen LogP contribution is -2.55. The Morgan fingerprint density at radius 3 is 2.18 bits per heavy atom. The standard InChI is InChI=1S/C24H36N4O4S/c1-17(2)18-8-10-20(11-9-18)33(30,31)28-16-21(19-6-7-19)25-22(28)26-12-14-27(15-13-26)23(29)32-24(3,4)5/h8-11,17,19,21H,6-7,12-16H2,1-5H3. The molecule has 0 radical (unpaired) electrons. The van der Waals surface area contributed by atoms with Gasteiger partial charge in [-0.1, -0.05) is 26.0 Å². The number of piperazine rings is 1. The number of rotatable bonds is 4. The van der Waals surface area contributed by atoms with Crippen molar-refractivity contribution in [3.05, 3.63) is 29.8 Å². The predicted molar refractivity (Wildman–Crippen MR) is 128 cm³/mol. The van der Waals surface area contributed by atoms with Gasteiger partial charge in [-0.05, 0) is 63.1 Å². The fourth-order valence-corrected chi connectivity index (χ4v) is 5.71.